The Morgan fingerprint density at radius 2 is 1.67 bits per heavy atom. The number of carboxylic acids is 1. The van der Waals surface area contributed by atoms with Crippen LogP contribution in [0.25, 0.3) is 11.1 Å². The van der Waals surface area contributed by atoms with Gasteiger partial charge in [-0.25, -0.2) is 0 Å². The fourth-order valence-corrected chi connectivity index (χ4v) is 6.17. The third kappa shape index (κ3) is 7.31. The summed E-state index contributed by atoms with van der Waals surface area (Å²) in [6.45, 7) is 4.51. The Morgan fingerprint density at radius 3 is 2.33 bits per heavy atom. The highest BCUT2D eigenvalue weighted by Crippen LogP contribution is 2.35. The van der Waals surface area contributed by atoms with Gasteiger partial charge in [-0.05, 0) is 42.9 Å². The number of allylic oxidation sites excluding steroid dienone is 2. The van der Waals surface area contributed by atoms with Gasteiger partial charge < -0.3 is 9.84 Å². The van der Waals surface area contributed by atoms with Gasteiger partial charge in [-0.15, -0.1) is 0 Å². The molecule has 0 amide bonds. The summed E-state index contributed by atoms with van der Waals surface area (Å²) in [4.78, 5) is 26.2. The quantitative estimate of drug-likeness (QED) is 0.391. The predicted octanol–water partition coefficient (Wildman–Crippen LogP) is 5.75. The maximum atomic E-state index is 13.1. The summed E-state index contributed by atoms with van der Waals surface area (Å²) < 4.78 is 6.41. The fourth-order valence-electron chi connectivity index (χ4n) is 5.24. The molecule has 2 fully saturated rings. The highest BCUT2D eigenvalue weighted by molar-refractivity contribution is 7.99. The second-order valence-corrected chi connectivity index (χ2v) is 11.0. The monoisotopic (exact) mass is 507 g/mol. The average molecular weight is 508 g/mol. The van der Waals surface area contributed by atoms with Crippen LogP contribution in [-0.2, 0) is 20.9 Å². The summed E-state index contributed by atoms with van der Waals surface area (Å²) >= 11 is 1.95. The van der Waals surface area contributed by atoms with Crippen molar-refractivity contribution in [2.45, 2.75) is 57.8 Å². The lowest BCUT2D eigenvalue weighted by Gasteiger charge is -2.35. The first-order chi connectivity index (χ1) is 17.5. The van der Waals surface area contributed by atoms with Crippen LogP contribution in [0.15, 0.2) is 60.7 Å². The molecule has 1 saturated heterocycles. The lowest BCUT2D eigenvalue weighted by Crippen LogP contribution is -2.47. The van der Waals surface area contributed by atoms with E-state index in [0.29, 0.717) is 25.2 Å². The lowest BCUT2D eigenvalue weighted by molar-refractivity contribution is -0.136. The van der Waals surface area contributed by atoms with E-state index in [-0.39, 0.29) is 24.5 Å². The maximum absolute atomic E-state index is 13.1. The molecule has 2 aliphatic rings. The summed E-state index contributed by atoms with van der Waals surface area (Å²) in [5.41, 5.74) is 4.75. The van der Waals surface area contributed by atoms with E-state index < -0.39 is 5.97 Å². The highest BCUT2D eigenvalue weighted by Gasteiger charge is 2.45. The number of rotatable bonds is 11. The van der Waals surface area contributed by atoms with E-state index in [4.69, 9.17) is 9.84 Å². The van der Waals surface area contributed by atoms with E-state index in [0.717, 1.165) is 43.0 Å². The Labute approximate surface area is 218 Å². The molecule has 192 valence electrons. The maximum Gasteiger partial charge on any atom is 0.303 e. The fraction of sp³-hybridized carbons (Fsp3) is 0.467. The smallest absolute Gasteiger partial charge is 0.303 e. The van der Waals surface area contributed by atoms with E-state index in [1.165, 1.54) is 16.7 Å². The molecule has 2 aromatic carbocycles. The number of thioether (sulfide) groups is 1. The standard InChI is InChI=1S/C30H37NO4S/c1-22-8-12-24(13-9-22)25-14-10-23(11-15-25)21-35-28-20-27(32)30(31-16-18-36-19-17-31)26(28)6-4-2-3-5-7-29(33)34/h2-3,8-15,26,28,30H,4-7,16-21H2,1H3,(H,33,34)/b3-2+. The van der Waals surface area contributed by atoms with Crippen molar-refractivity contribution in [2.75, 3.05) is 24.6 Å². The van der Waals surface area contributed by atoms with Crippen LogP contribution in [0.2, 0.25) is 0 Å². The minimum atomic E-state index is -0.774. The number of aliphatic carboxylic acids is 1. The van der Waals surface area contributed by atoms with E-state index in [1.54, 1.807) is 0 Å². The minimum Gasteiger partial charge on any atom is -0.481 e. The van der Waals surface area contributed by atoms with Crippen molar-refractivity contribution < 1.29 is 19.4 Å². The zero-order chi connectivity index (χ0) is 25.3. The molecule has 0 aromatic heterocycles. The number of Topliss-reactive ketones (excluding diaryl/α,β-unsaturated/α-hetero) is 1. The van der Waals surface area contributed by atoms with Gasteiger partial charge in [-0.2, -0.15) is 11.8 Å². The van der Waals surface area contributed by atoms with Gasteiger partial charge in [-0.1, -0.05) is 66.2 Å². The van der Waals surface area contributed by atoms with Gasteiger partial charge in [0.2, 0.25) is 0 Å². The van der Waals surface area contributed by atoms with Gasteiger partial charge in [0.15, 0.2) is 5.78 Å². The Morgan fingerprint density at radius 1 is 1.03 bits per heavy atom. The molecule has 4 rings (SSSR count). The molecule has 2 aromatic rings. The molecule has 1 aliphatic heterocycles. The molecular formula is C30H37NO4S. The molecule has 1 aliphatic carbocycles. The summed E-state index contributed by atoms with van der Waals surface area (Å²) in [5, 5.41) is 8.83. The van der Waals surface area contributed by atoms with Gasteiger partial charge in [0.1, 0.15) is 0 Å². The number of benzene rings is 2. The number of aryl methyl sites for hydroxylation is 1. The Balaban J connectivity index is 1.38. The lowest BCUT2D eigenvalue weighted by atomic mass is 9.93. The first-order valence-electron chi connectivity index (χ1n) is 13.0. The summed E-state index contributed by atoms with van der Waals surface area (Å²) in [6, 6.07) is 17.0. The van der Waals surface area contributed by atoms with Crippen molar-refractivity contribution in [2.24, 2.45) is 5.92 Å². The zero-order valence-corrected chi connectivity index (χ0v) is 21.9. The van der Waals surface area contributed by atoms with Crippen molar-refractivity contribution in [3.63, 3.8) is 0 Å². The normalized spacial score (nSPS) is 22.9. The van der Waals surface area contributed by atoms with Gasteiger partial charge in [0, 0.05) is 43.4 Å². The van der Waals surface area contributed by atoms with Crippen molar-refractivity contribution in [3.8, 4) is 11.1 Å². The van der Waals surface area contributed by atoms with Crippen LogP contribution in [0.4, 0.5) is 0 Å². The molecule has 3 unspecified atom stereocenters. The van der Waals surface area contributed by atoms with Crippen LogP contribution in [0.3, 0.4) is 0 Å². The molecule has 6 heteroatoms. The molecule has 3 atom stereocenters. The van der Waals surface area contributed by atoms with E-state index in [9.17, 15) is 9.59 Å². The molecule has 36 heavy (non-hydrogen) atoms. The van der Waals surface area contributed by atoms with Crippen LogP contribution < -0.4 is 0 Å². The van der Waals surface area contributed by atoms with Crippen LogP contribution in [0, 0.1) is 12.8 Å². The molecule has 1 N–H and O–H groups in total. The van der Waals surface area contributed by atoms with E-state index >= 15 is 0 Å². The zero-order valence-electron chi connectivity index (χ0n) is 21.1. The Hall–Kier alpha value is -2.41. The molecular weight excluding hydrogens is 470 g/mol. The SMILES string of the molecule is Cc1ccc(-c2ccc(COC3CC(=O)C(N4CCSCC4)C3CC/C=C/CCC(=O)O)cc2)cc1. The topological polar surface area (TPSA) is 66.8 Å². The average Bonchev–Trinajstić information content (AvgIpc) is 3.20. The molecule has 0 spiro atoms. The minimum absolute atomic E-state index is 0.0627. The second kappa shape index (κ2) is 13.2. The van der Waals surface area contributed by atoms with Gasteiger partial charge in [0.05, 0.1) is 18.8 Å². The number of ether oxygens (including phenoxy) is 1. The van der Waals surface area contributed by atoms with Crippen molar-refractivity contribution >= 4 is 23.5 Å². The number of hydrogen-bond donors (Lipinski definition) is 1. The number of ketones is 1. The number of carbonyl (C=O) groups excluding carboxylic acids is 1. The number of nitrogens with zero attached hydrogens (tertiary/aromatic N) is 1. The molecule has 5 nitrogen and oxygen atoms in total. The summed E-state index contributed by atoms with van der Waals surface area (Å²) in [5.74, 6) is 1.84. The highest BCUT2D eigenvalue weighted by atomic mass is 32.2. The van der Waals surface area contributed by atoms with Gasteiger partial charge in [-0.3, -0.25) is 14.5 Å². The van der Waals surface area contributed by atoms with Crippen molar-refractivity contribution in [3.05, 3.63) is 71.8 Å². The molecule has 1 heterocycles. The van der Waals surface area contributed by atoms with Crippen LogP contribution in [-0.4, -0.2) is 58.5 Å². The first-order valence-corrected chi connectivity index (χ1v) is 14.2. The Kier molecular flexibility index (Phi) is 9.79. The van der Waals surface area contributed by atoms with Crippen molar-refractivity contribution in [1.29, 1.82) is 0 Å². The predicted molar refractivity (Wildman–Crippen MR) is 146 cm³/mol. The first kappa shape index (κ1) is 26.6. The number of carbonyl (C=O) groups is 2. The third-order valence-corrected chi connectivity index (χ3v) is 8.16. The van der Waals surface area contributed by atoms with E-state index in [2.05, 4.69) is 66.4 Å². The van der Waals surface area contributed by atoms with Crippen LogP contribution >= 0.6 is 11.8 Å². The molecule has 1 saturated carbocycles. The Bertz CT molecular complexity index is 1030. The summed E-state index contributed by atoms with van der Waals surface area (Å²) in [6.07, 6.45) is 6.82. The molecule has 0 radical (unpaired) electrons. The van der Waals surface area contributed by atoms with E-state index in [1.807, 2.05) is 17.8 Å². The van der Waals surface area contributed by atoms with Gasteiger partial charge >= 0.3 is 5.97 Å². The van der Waals surface area contributed by atoms with Crippen LogP contribution in [0.1, 0.15) is 43.2 Å². The third-order valence-electron chi connectivity index (χ3n) is 7.22. The molecule has 0 bridgehead atoms. The second-order valence-electron chi connectivity index (χ2n) is 9.82. The largest absolute Gasteiger partial charge is 0.481 e. The van der Waals surface area contributed by atoms with Gasteiger partial charge in [0.25, 0.3) is 0 Å². The van der Waals surface area contributed by atoms with Crippen LogP contribution in [0.5, 0.6) is 0 Å². The van der Waals surface area contributed by atoms with Crippen molar-refractivity contribution in [1.82, 2.24) is 4.90 Å². The number of hydrogen-bond acceptors (Lipinski definition) is 5. The summed E-state index contributed by atoms with van der Waals surface area (Å²) in [7, 11) is 0. The number of carboxylic acid groups (broad SMARTS) is 1.